The summed E-state index contributed by atoms with van der Waals surface area (Å²) in [5.41, 5.74) is -0.731. The van der Waals surface area contributed by atoms with E-state index in [1.165, 1.54) is 7.11 Å². The molecule has 0 aromatic heterocycles. The monoisotopic (exact) mass is 277 g/mol. The molecule has 6 nitrogen and oxygen atoms in total. The van der Waals surface area contributed by atoms with Crippen molar-refractivity contribution in [3.05, 3.63) is 0 Å². The smallest absolute Gasteiger partial charge is 0.325 e. The highest BCUT2D eigenvalue weighted by Crippen LogP contribution is 2.15. The van der Waals surface area contributed by atoms with E-state index < -0.39 is 5.54 Å². The molecule has 0 amide bonds. The van der Waals surface area contributed by atoms with Gasteiger partial charge in [-0.25, -0.2) is 0 Å². The Hall–Kier alpha value is -0.690. The van der Waals surface area contributed by atoms with Gasteiger partial charge < -0.3 is 24.3 Å². The summed E-state index contributed by atoms with van der Waals surface area (Å²) in [7, 11) is 4.75. The van der Waals surface area contributed by atoms with Crippen molar-refractivity contribution in [2.75, 3.05) is 47.7 Å². The molecule has 0 aliphatic rings. The van der Waals surface area contributed by atoms with E-state index in [0.717, 1.165) is 0 Å². The lowest BCUT2D eigenvalue weighted by Crippen LogP contribution is -2.50. The largest absolute Gasteiger partial charge is 0.468 e. The summed E-state index contributed by atoms with van der Waals surface area (Å²) in [6.07, 6.45) is 0.469. The Labute approximate surface area is 115 Å². The van der Waals surface area contributed by atoms with Gasteiger partial charge >= 0.3 is 5.97 Å². The summed E-state index contributed by atoms with van der Waals surface area (Å²) in [6, 6.07) is 0. The van der Waals surface area contributed by atoms with E-state index in [0.29, 0.717) is 32.8 Å². The van der Waals surface area contributed by atoms with Crippen LogP contribution in [-0.2, 0) is 23.7 Å². The van der Waals surface area contributed by atoms with Crippen molar-refractivity contribution in [2.45, 2.75) is 31.9 Å². The molecule has 0 aliphatic heterocycles. The van der Waals surface area contributed by atoms with Gasteiger partial charge in [0, 0.05) is 13.5 Å². The second kappa shape index (κ2) is 10.1. The fourth-order valence-electron chi connectivity index (χ4n) is 1.70. The second-order valence-corrected chi connectivity index (χ2v) is 4.56. The van der Waals surface area contributed by atoms with Gasteiger partial charge in [0.1, 0.15) is 5.54 Å². The van der Waals surface area contributed by atoms with Gasteiger partial charge in [0.15, 0.2) is 0 Å². The number of hydrogen-bond acceptors (Lipinski definition) is 6. The molecule has 0 aromatic rings. The highest BCUT2D eigenvalue weighted by Gasteiger charge is 2.34. The first-order valence-electron chi connectivity index (χ1n) is 6.45. The summed E-state index contributed by atoms with van der Waals surface area (Å²) in [6.45, 7) is 5.87. The molecule has 2 unspecified atom stereocenters. The van der Waals surface area contributed by atoms with Crippen molar-refractivity contribution < 1.29 is 23.7 Å². The molecule has 0 rings (SSSR count). The van der Waals surface area contributed by atoms with Crippen LogP contribution in [0.4, 0.5) is 0 Å². The number of hydrogen-bond donors (Lipinski definition) is 1. The molecular weight excluding hydrogens is 250 g/mol. The second-order valence-electron chi connectivity index (χ2n) is 4.56. The van der Waals surface area contributed by atoms with E-state index in [-0.39, 0.29) is 12.1 Å². The van der Waals surface area contributed by atoms with Crippen LogP contribution in [0.2, 0.25) is 0 Å². The van der Waals surface area contributed by atoms with Gasteiger partial charge in [0.05, 0.1) is 39.6 Å². The quantitative estimate of drug-likeness (QED) is 0.440. The predicted molar refractivity (Wildman–Crippen MR) is 72.2 cm³/mol. The lowest BCUT2D eigenvalue weighted by Gasteiger charge is -2.29. The maximum absolute atomic E-state index is 11.7. The molecule has 0 radical (unpaired) electrons. The number of esters is 1. The van der Waals surface area contributed by atoms with Gasteiger partial charge in [-0.2, -0.15) is 0 Å². The lowest BCUT2D eigenvalue weighted by atomic mass is 9.95. The SMILES string of the molecule is CNC(C)(CC(C)OCCOCCOC)C(=O)OC. The maximum Gasteiger partial charge on any atom is 0.325 e. The van der Waals surface area contributed by atoms with E-state index >= 15 is 0 Å². The molecule has 0 heterocycles. The number of rotatable bonds is 11. The minimum Gasteiger partial charge on any atom is -0.468 e. The Balaban J connectivity index is 3.88. The number of carbonyl (C=O) groups excluding carboxylic acids is 1. The Kier molecular flexibility index (Phi) is 9.77. The third-order valence-electron chi connectivity index (χ3n) is 2.95. The van der Waals surface area contributed by atoms with Gasteiger partial charge in [0.2, 0.25) is 0 Å². The summed E-state index contributed by atoms with van der Waals surface area (Å²) in [4.78, 5) is 11.7. The molecule has 6 heteroatoms. The molecule has 1 N–H and O–H groups in total. The zero-order chi connectivity index (χ0) is 14.7. The average Bonchev–Trinajstić information content (AvgIpc) is 2.41. The van der Waals surface area contributed by atoms with Crippen LogP contribution in [-0.4, -0.2) is 65.3 Å². The zero-order valence-electron chi connectivity index (χ0n) is 12.7. The van der Waals surface area contributed by atoms with Crippen LogP contribution in [0.25, 0.3) is 0 Å². The number of methoxy groups -OCH3 is 2. The highest BCUT2D eigenvalue weighted by atomic mass is 16.5. The minimum absolute atomic E-state index is 0.0671. The fraction of sp³-hybridized carbons (Fsp3) is 0.923. The van der Waals surface area contributed by atoms with Gasteiger partial charge in [-0.05, 0) is 20.9 Å². The van der Waals surface area contributed by atoms with E-state index in [4.69, 9.17) is 18.9 Å². The average molecular weight is 277 g/mol. The molecule has 0 fully saturated rings. The lowest BCUT2D eigenvalue weighted by molar-refractivity contribution is -0.149. The number of carbonyl (C=O) groups is 1. The molecular formula is C13H27NO5. The Bertz CT molecular complexity index is 249. The molecule has 0 spiro atoms. The van der Waals surface area contributed by atoms with Gasteiger partial charge in [-0.3, -0.25) is 4.79 Å². The van der Waals surface area contributed by atoms with Crippen LogP contribution in [0, 0.1) is 0 Å². The fourth-order valence-corrected chi connectivity index (χ4v) is 1.70. The van der Waals surface area contributed by atoms with Gasteiger partial charge in [0.25, 0.3) is 0 Å². The highest BCUT2D eigenvalue weighted by molar-refractivity contribution is 5.80. The minimum atomic E-state index is -0.731. The van der Waals surface area contributed by atoms with Crippen molar-refractivity contribution in [1.82, 2.24) is 5.32 Å². The Morgan fingerprint density at radius 1 is 1.21 bits per heavy atom. The summed E-state index contributed by atoms with van der Waals surface area (Å²) < 4.78 is 20.5. The van der Waals surface area contributed by atoms with Crippen LogP contribution in [0.15, 0.2) is 0 Å². The normalized spacial score (nSPS) is 15.8. The first-order chi connectivity index (χ1) is 9.00. The van der Waals surface area contributed by atoms with Crippen molar-refractivity contribution in [3.8, 4) is 0 Å². The van der Waals surface area contributed by atoms with Crippen LogP contribution in [0.3, 0.4) is 0 Å². The Morgan fingerprint density at radius 3 is 2.37 bits per heavy atom. The molecule has 0 aromatic carbocycles. The topological polar surface area (TPSA) is 66.0 Å². The third-order valence-corrected chi connectivity index (χ3v) is 2.95. The van der Waals surface area contributed by atoms with Crippen molar-refractivity contribution in [2.24, 2.45) is 0 Å². The number of ether oxygens (including phenoxy) is 4. The number of likely N-dealkylation sites (N-methyl/N-ethyl adjacent to an activating group) is 1. The molecule has 19 heavy (non-hydrogen) atoms. The summed E-state index contributed by atoms with van der Waals surface area (Å²) in [5.74, 6) is -0.290. The van der Waals surface area contributed by atoms with Crippen LogP contribution >= 0.6 is 0 Å². The van der Waals surface area contributed by atoms with Gasteiger partial charge in [-0.15, -0.1) is 0 Å². The van der Waals surface area contributed by atoms with E-state index in [2.05, 4.69) is 5.32 Å². The van der Waals surface area contributed by atoms with Crippen molar-refractivity contribution in [3.63, 3.8) is 0 Å². The van der Waals surface area contributed by atoms with Crippen LogP contribution in [0.1, 0.15) is 20.3 Å². The van der Waals surface area contributed by atoms with Crippen molar-refractivity contribution >= 4 is 5.97 Å². The predicted octanol–water partition coefficient (Wildman–Crippen LogP) is 0.596. The van der Waals surface area contributed by atoms with Crippen LogP contribution < -0.4 is 5.32 Å². The zero-order valence-corrected chi connectivity index (χ0v) is 12.7. The first-order valence-corrected chi connectivity index (χ1v) is 6.45. The van der Waals surface area contributed by atoms with E-state index in [1.807, 2.05) is 6.92 Å². The standard InChI is InChI=1S/C13H27NO5/c1-11(19-9-8-18-7-6-16-4)10-13(2,14-3)12(15)17-5/h11,14H,6-10H2,1-5H3. The van der Waals surface area contributed by atoms with Crippen LogP contribution in [0.5, 0.6) is 0 Å². The molecule has 2 atom stereocenters. The molecule has 0 saturated carbocycles. The van der Waals surface area contributed by atoms with Gasteiger partial charge in [-0.1, -0.05) is 0 Å². The summed E-state index contributed by atoms with van der Waals surface area (Å²) >= 11 is 0. The molecule has 0 bridgehead atoms. The third kappa shape index (κ3) is 7.47. The molecule has 0 aliphatic carbocycles. The molecule has 114 valence electrons. The van der Waals surface area contributed by atoms with Crippen molar-refractivity contribution in [1.29, 1.82) is 0 Å². The summed E-state index contributed by atoms with van der Waals surface area (Å²) in [5, 5.41) is 2.98. The van der Waals surface area contributed by atoms with E-state index in [1.54, 1.807) is 21.1 Å². The number of nitrogens with one attached hydrogen (secondary N) is 1. The Morgan fingerprint density at radius 2 is 1.84 bits per heavy atom. The maximum atomic E-state index is 11.7. The molecule has 0 saturated heterocycles. The first kappa shape index (κ1) is 18.3. The van der Waals surface area contributed by atoms with E-state index in [9.17, 15) is 4.79 Å².